The Balaban J connectivity index is 2.23. The molecule has 3 aromatic rings. The van der Waals surface area contributed by atoms with Gasteiger partial charge in [-0.15, -0.1) is 0 Å². The summed E-state index contributed by atoms with van der Waals surface area (Å²) in [5, 5.41) is 5.15. The lowest BCUT2D eigenvalue weighted by Crippen LogP contribution is -2.38. The zero-order chi connectivity index (χ0) is 24.8. The van der Waals surface area contributed by atoms with Gasteiger partial charge >= 0.3 is 18.3 Å². The summed E-state index contributed by atoms with van der Waals surface area (Å²) in [6.45, 7) is 0. The van der Waals surface area contributed by atoms with Crippen LogP contribution < -0.4 is 10.3 Å². The molecule has 3 rings (SSSR count). The Morgan fingerprint density at radius 1 is 1.09 bits per heavy atom. The molecular weight excluding hydrogens is 492 g/mol. The van der Waals surface area contributed by atoms with Gasteiger partial charge in [0.25, 0.3) is 5.56 Å². The summed E-state index contributed by atoms with van der Waals surface area (Å²) in [6, 6.07) is 2.19. The molecular formula is C18H11ClF8N4O2. The summed E-state index contributed by atoms with van der Waals surface area (Å²) in [5.74, 6) is -6.51. The lowest BCUT2D eigenvalue weighted by atomic mass is 9.99. The maximum absolute atomic E-state index is 14.3. The molecule has 2 aromatic heterocycles. The first-order valence-electron chi connectivity index (χ1n) is 8.68. The van der Waals surface area contributed by atoms with Gasteiger partial charge in [-0.1, -0.05) is 17.7 Å². The molecule has 15 heteroatoms. The fourth-order valence-corrected chi connectivity index (χ4v) is 3.10. The number of hydrogen-bond acceptors (Lipinski definition) is 4. The molecule has 33 heavy (non-hydrogen) atoms. The minimum atomic E-state index is -6.16. The molecule has 0 saturated heterocycles. The lowest BCUT2D eigenvalue weighted by Gasteiger charge is -2.22. The molecule has 0 aliphatic heterocycles. The van der Waals surface area contributed by atoms with Crippen molar-refractivity contribution in [2.75, 3.05) is 7.11 Å². The van der Waals surface area contributed by atoms with E-state index in [4.69, 9.17) is 16.3 Å². The van der Waals surface area contributed by atoms with Crippen LogP contribution in [0.4, 0.5) is 35.1 Å². The molecule has 0 fully saturated rings. The average Bonchev–Trinajstić information content (AvgIpc) is 3.17. The number of nitrogens with zero attached hydrogens (tertiary/aromatic N) is 2. The molecule has 0 radical (unpaired) electrons. The summed E-state index contributed by atoms with van der Waals surface area (Å²) < 4.78 is 112. The van der Waals surface area contributed by atoms with E-state index in [0.717, 1.165) is 25.4 Å². The third-order valence-corrected chi connectivity index (χ3v) is 4.77. The van der Waals surface area contributed by atoms with E-state index in [1.807, 2.05) is 4.98 Å². The van der Waals surface area contributed by atoms with Crippen LogP contribution in [0.5, 0.6) is 5.75 Å². The van der Waals surface area contributed by atoms with E-state index in [2.05, 4.69) is 15.2 Å². The van der Waals surface area contributed by atoms with Crippen LogP contribution in [0.2, 0.25) is 5.02 Å². The Hall–Kier alpha value is -3.16. The number of hydrogen-bond donors (Lipinski definition) is 2. The topological polar surface area (TPSA) is 83.7 Å². The molecule has 2 N–H and O–H groups in total. The van der Waals surface area contributed by atoms with Crippen LogP contribution in [-0.2, 0) is 18.5 Å². The van der Waals surface area contributed by atoms with E-state index >= 15 is 0 Å². The van der Waals surface area contributed by atoms with Crippen LogP contribution in [0, 0.1) is 0 Å². The molecule has 0 atom stereocenters. The largest absolute Gasteiger partial charge is 0.493 e. The van der Waals surface area contributed by atoms with Crippen molar-refractivity contribution in [2.24, 2.45) is 0 Å². The monoisotopic (exact) mass is 502 g/mol. The zero-order valence-electron chi connectivity index (χ0n) is 16.1. The molecule has 0 aliphatic carbocycles. The molecule has 1 aromatic carbocycles. The van der Waals surface area contributed by atoms with Gasteiger partial charge in [0, 0.05) is 12.0 Å². The van der Waals surface area contributed by atoms with Gasteiger partial charge in [-0.2, -0.15) is 40.2 Å². The Morgan fingerprint density at radius 2 is 1.76 bits per heavy atom. The number of aromatic amines is 2. The van der Waals surface area contributed by atoms with Crippen LogP contribution in [0.15, 0.2) is 29.2 Å². The summed E-state index contributed by atoms with van der Waals surface area (Å²) in [7, 11) is 1.14. The second kappa shape index (κ2) is 8.32. The van der Waals surface area contributed by atoms with Crippen LogP contribution in [-0.4, -0.2) is 33.5 Å². The van der Waals surface area contributed by atoms with Gasteiger partial charge in [-0.3, -0.25) is 9.89 Å². The molecule has 0 saturated carbocycles. The van der Waals surface area contributed by atoms with Crippen molar-refractivity contribution >= 4 is 11.6 Å². The number of methoxy groups -OCH3 is 1. The molecule has 178 valence electrons. The molecule has 2 heterocycles. The fourth-order valence-electron chi connectivity index (χ4n) is 2.88. The Labute approximate surface area is 183 Å². The van der Waals surface area contributed by atoms with Crippen molar-refractivity contribution in [1.29, 1.82) is 0 Å². The van der Waals surface area contributed by atoms with E-state index in [1.165, 1.54) is 0 Å². The number of nitrogens with one attached hydrogen (secondary N) is 2. The van der Waals surface area contributed by atoms with Crippen molar-refractivity contribution in [1.82, 2.24) is 20.2 Å². The predicted molar refractivity (Wildman–Crippen MR) is 98.2 cm³/mol. The van der Waals surface area contributed by atoms with Crippen molar-refractivity contribution in [2.45, 2.75) is 24.7 Å². The van der Waals surface area contributed by atoms with Crippen LogP contribution in [0.3, 0.4) is 0 Å². The number of H-pyrrole nitrogens is 2. The van der Waals surface area contributed by atoms with Crippen molar-refractivity contribution in [3.63, 3.8) is 0 Å². The maximum Gasteiger partial charge on any atom is 0.459 e. The first kappa shape index (κ1) is 24.5. The highest BCUT2D eigenvalue weighted by Gasteiger charge is 2.61. The van der Waals surface area contributed by atoms with Gasteiger partial charge in [0.15, 0.2) is 17.3 Å². The van der Waals surface area contributed by atoms with Gasteiger partial charge in [0.2, 0.25) is 0 Å². The van der Waals surface area contributed by atoms with Gasteiger partial charge in [-0.25, -0.2) is 4.98 Å². The molecule has 0 amide bonds. The number of ether oxygens (including phenoxy) is 1. The number of benzene rings is 1. The molecule has 0 bridgehead atoms. The van der Waals surface area contributed by atoms with Gasteiger partial charge < -0.3 is 9.72 Å². The van der Waals surface area contributed by atoms with E-state index < -0.39 is 63.5 Å². The zero-order valence-corrected chi connectivity index (χ0v) is 16.9. The minimum absolute atomic E-state index is 0.125. The average molecular weight is 503 g/mol. The molecule has 0 unspecified atom stereocenters. The Morgan fingerprint density at radius 3 is 2.33 bits per heavy atom. The number of halogens is 9. The summed E-state index contributed by atoms with van der Waals surface area (Å²) in [5.41, 5.74) is -6.73. The SMILES string of the molecule is COc1c[nH]nc1-c1nc(C(F)(F)C(F)(F)F)c(Cc2ccc(Cl)c(C(F)(F)F)c2)c(=O)[nH]1. The first-order chi connectivity index (χ1) is 15.2. The van der Waals surface area contributed by atoms with Gasteiger partial charge in [0.1, 0.15) is 5.69 Å². The highest BCUT2D eigenvalue weighted by molar-refractivity contribution is 6.31. The second-order valence-electron chi connectivity index (χ2n) is 6.60. The summed E-state index contributed by atoms with van der Waals surface area (Å²) >= 11 is 5.49. The normalized spacial score (nSPS) is 12.8. The molecule has 6 nitrogen and oxygen atoms in total. The van der Waals surface area contributed by atoms with Crippen LogP contribution in [0.25, 0.3) is 11.5 Å². The second-order valence-corrected chi connectivity index (χ2v) is 7.01. The quantitative estimate of drug-likeness (QED) is 0.476. The van der Waals surface area contributed by atoms with Crippen molar-refractivity contribution in [3.8, 4) is 17.3 Å². The highest BCUT2D eigenvalue weighted by Crippen LogP contribution is 2.44. The number of aromatic nitrogens is 4. The highest BCUT2D eigenvalue weighted by atomic mass is 35.5. The lowest BCUT2D eigenvalue weighted by molar-refractivity contribution is -0.291. The van der Waals surface area contributed by atoms with Gasteiger partial charge in [0.05, 0.1) is 23.9 Å². The van der Waals surface area contributed by atoms with Crippen molar-refractivity contribution in [3.05, 3.63) is 62.2 Å². The third kappa shape index (κ3) is 4.65. The van der Waals surface area contributed by atoms with E-state index in [1.54, 1.807) is 0 Å². The van der Waals surface area contributed by atoms with E-state index in [0.29, 0.717) is 6.07 Å². The van der Waals surface area contributed by atoms with Crippen LogP contribution >= 0.6 is 11.6 Å². The smallest absolute Gasteiger partial charge is 0.459 e. The van der Waals surface area contributed by atoms with Gasteiger partial charge in [-0.05, 0) is 17.7 Å². The molecule has 0 spiro atoms. The fraction of sp³-hybridized carbons (Fsp3) is 0.278. The third-order valence-electron chi connectivity index (χ3n) is 4.44. The Bertz CT molecular complexity index is 1230. The molecule has 0 aliphatic rings. The van der Waals surface area contributed by atoms with E-state index in [9.17, 15) is 39.9 Å². The standard InChI is InChI=1S/C18H11ClF8N4O2/c1-33-11-6-28-31-12(11)14-29-13(16(20,21)18(25,26)27)8(15(32)30-14)4-7-2-3-10(19)9(5-7)17(22,23)24/h2-3,5-6H,4H2,1H3,(H,28,31)(H,29,30,32). The van der Waals surface area contributed by atoms with Crippen molar-refractivity contribution < 1.29 is 39.9 Å². The van der Waals surface area contributed by atoms with E-state index in [-0.39, 0.29) is 11.4 Å². The first-order valence-corrected chi connectivity index (χ1v) is 9.06. The predicted octanol–water partition coefficient (Wildman–Crippen LogP) is 5.09. The summed E-state index contributed by atoms with van der Waals surface area (Å²) in [6.07, 6.45) is -11.0. The minimum Gasteiger partial charge on any atom is -0.493 e. The van der Waals surface area contributed by atoms with Crippen LogP contribution in [0.1, 0.15) is 22.4 Å². The summed E-state index contributed by atoms with van der Waals surface area (Å²) in [4.78, 5) is 17.8. The number of alkyl halides is 8. The maximum atomic E-state index is 14.3. The Kier molecular flexibility index (Phi) is 6.17. The number of rotatable bonds is 5.